The molecule has 0 bridgehead atoms. The van der Waals surface area contributed by atoms with Crippen molar-refractivity contribution in [3.05, 3.63) is 0 Å². The van der Waals surface area contributed by atoms with Gasteiger partial charge in [0.1, 0.15) is 7.91 Å². The molecule has 0 aliphatic carbocycles. The molecule has 0 aromatic heterocycles. The topological polar surface area (TPSA) is 40.1 Å². The van der Waals surface area contributed by atoms with Crippen molar-refractivity contribution in [2.24, 2.45) is 15.0 Å². The van der Waals surface area contributed by atoms with Gasteiger partial charge < -0.3 is 0 Å². The molecule has 4 atom stereocenters. The van der Waals surface area contributed by atoms with E-state index in [9.17, 15) is 0 Å². The third kappa shape index (κ3) is 1.40. The largest absolute Gasteiger partial charge is 0.253 e. The number of rotatable bonds is 1. The van der Waals surface area contributed by atoms with E-state index < -0.39 is 0 Å². The van der Waals surface area contributed by atoms with E-state index >= 15 is 0 Å². The van der Waals surface area contributed by atoms with Crippen LogP contribution in [0.25, 0.3) is 0 Å². The maximum absolute atomic E-state index is 4.10. The van der Waals surface area contributed by atoms with Crippen molar-refractivity contribution in [2.45, 2.75) is 13.0 Å². The highest BCUT2D eigenvalue weighted by Gasteiger charge is 2.37. The maximum Gasteiger partial charge on any atom is 0.148 e. The zero-order chi connectivity index (χ0) is 6.97. The molecule has 4 unspecified atom stereocenters. The highest BCUT2D eigenvalue weighted by atomic mass is 32.4. The van der Waals surface area contributed by atoms with Crippen LogP contribution in [-0.2, 0) is 0 Å². The van der Waals surface area contributed by atoms with Gasteiger partial charge in [0.25, 0.3) is 0 Å². The highest BCUT2D eigenvalue weighted by Crippen LogP contribution is 2.71. The molecule has 0 spiro atoms. The van der Waals surface area contributed by atoms with Gasteiger partial charge in [0.15, 0.2) is 0 Å². The van der Waals surface area contributed by atoms with Gasteiger partial charge in [0, 0.05) is 20.5 Å². The molecule has 0 aromatic carbocycles. The first-order chi connectivity index (χ1) is 4.88. The first-order valence-corrected chi connectivity index (χ1v) is 7.78. The molecular formula is C3H7N4P3. The number of hydrogen-bond acceptors (Lipinski definition) is 4. The van der Waals surface area contributed by atoms with E-state index in [4.69, 9.17) is 0 Å². The van der Waals surface area contributed by atoms with E-state index in [0.717, 1.165) is 22.1 Å². The maximum atomic E-state index is 4.10. The second-order valence-corrected chi connectivity index (χ2v) is 8.28. The van der Waals surface area contributed by atoms with E-state index in [1.165, 1.54) is 6.54 Å². The predicted octanol–water partition coefficient (Wildman–Crippen LogP) is 3.02. The molecule has 2 aliphatic rings. The van der Waals surface area contributed by atoms with Crippen LogP contribution < -0.4 is 0 Å². The van der Waals surface area contributed by atoms with Crippen molar-refractivity contribution < 1.29 is 0 Å². The minimum atomic E-state index is -0.246. The Balaban J connectivity index is 1.95. The normalized spacial score (nSPS) is 47.9. The molecule has 54 valence electrons. The fourth-order valence-electron chi connectivity index (χ4n) is 0.752. The minimum Gasteiger partial charge on any atom is -0.253 e. The molecule has 4 nitrogen and oxygen atoms in total. The molecule has 1 fully saturated rings. The SMILES string of the molecule is CC1CN1P1N=NN=PP1. The van der Waals surface area contributed by atoms with Gasteiger partial charge in [-0.3, -0.25) is 4.67 Å². The summed E-state index contributed by atoms with van der Waals surface area (Å²) in [6.45, 7) is 3.44. The average molecular weight is 192 g/mol. The van der Waals surface area contributed by atoms with Gasteiger partial charge in [-0.1, -0.05) is 0 Å². The molecule has 7 heteroatoms. The van der Waals surface area contributed by atoms with E-state index in [1.807, 2.05) is 0 Å². The number of nitrogens with zero attached hydrogens (tertiary/aromatic N) is 4. The molecular weight excluding hydrogens is 185 g/mol. The number of hydrogen-bond donors (Lipinski definition) is 0. The van der Waals surface area contributed by atoms with Crippen LogP contribution in [0.5, 0.6) is 0 Å². The lowest BCUT2D eigenvalue weighted by Crippen LogP contribution is -1.84. The Labute approximate surface area is 63.8 Å². The fraction of sp³-hybridized carbons (Fsp3) is 1.00. The van der Waals surface area contributed by atoms with Gasteiger partial charge in [0.05, 0.1) is 8.06 Å². The van der Waals surface area contributed by atoms with Crippen molar-refractivity contribution in [1.29, 1.82) is 0 Å². The van der Waals surface area contributed by atoms with Gasteiger partial charge in [0.2, 0.25) is 0 Å². The van der Waals surface area contributed by atoms with Crippen LogP contribution in [0.15, 0.2) is 15.0 Å². The van der Waals surface area contributed by atoms with Crippen LogP contribution in [-0.4, -0.2) is 17.3 Å². The predicted molar refractivity (Wildman–Crippen MR) is 45.6 cm³/mol. The summed E-state index contributed by atoms with van der Waals surface area (Å²) in [6.07, 6.45) is 0. The molecule has 2 rings (SSSR count). The quantitative estimate of drug-likeness (QED) is 0.464. The molecule has 1 saturated heterocycles. The molecule has 0 amide bonds. The third-order valence-electron chi connectivity index (χ3n) is 1.41. The van der Waals surface area contributed by atoms with Crippen molar-refractivity contribution in [3.8, 4) is 0 Å². The molecule has 0 aromatic rings. The second-order valence-electron chi connectivity index (χ2n) is 2.23. The Bertz CT molecular complexity index is 192. The average Bonchev–Trinajstić information content (AvgIpc) is 2.69. The summed E-state index contributed by atoms with van der Waals surface area (Å²) in [5.41, 5.74) is 0. The summed E-state index contributed by atoms with van der Waals surface area (Å²) in [5, 5.41) is 3.69. The first kappa shape index (κ1) is 7.18. The van der Waals surface area contributed by atoms with Crippen LogP contribution in [0.3, 0.4) is 0 Å². The molecule has 0 radical (unpaired) electrons. The summed E-state index contributed by atoms with van der Waals surface area (Å²) >= 11 is 0. The van der Waals surface area contributed by atoms with E-state index in [-0.39, 0.29) is 7.91 Å². The third-order valence-corrected chi connectivity index (χ3v) is 7.67. The van der Waals surface area contributed by atoms with Gasteiger partial charge >= 0.3 is 0 Å². The zero-order valence-corrected chi connectivity index (χ0v) is 8.26. The molecule has 2 heterocycles. The van der Waals surface area contributed by atoms with Crippen LogP contribution in [0.2, 0.25) is 0 Å². The van der Waals surface area contributed by atoms with Crippen molar-refractivity contribution in [1.82, 2.24) is 4.67 Å². The molecule has 0 saturated carbocycles. The van der Waals surface area contributed by atoms with Crippen molar-refractivity contribution >= 4 is 23.9 Å². The highest BCUT2D eigenvalue weighted by molar-refractivity contribution is 8.45. The standard InChI is InChI=1S/C3H7N4P3/c1-3-2-7(3)10-6-4-5-8-9-10/h3,9H,2H2,1H3. The summed E-state index contributed by atoms with van der Waals surface area (Å²) in [7, 11) is 1.73. The van der Waals surface area contributed by atoms with E-state index in [0.29, 0.717) is 0 Å². The van der Waals surface area contributed by atoms with Crippen molar-refractivity contribution in [2.75, 3.05) is 6.54 Å². The van der Waals surface area contributed by atoms with Gasteiger partial charge in [-0.25, -0.2) is 0 Å². The van der Waals surface area contributed by atoms with Crippen molar-refractivity contribution in [3.63, 3.8) is 0 Å². The Morgan fingerprint density at radius 3 is 3.10 bits per heavy atom. The van der Waals surface area contributed by atoms with Gasteiger partial charge in [-0.05, 0) is 12.1 Å². The van der Waals surface area contributed by atoms with Crippen LogP contribution in [0, 0.1) is 0 Å². The summed E-state index contributed by atoms with van der Waals surface area (Å²) < 4.78 is 2.40. The Morgan fingerprint density at radius 2 is 2.60 bits per heavy atom. The fourth-order valence-corrected chi connectivity index (χ4v) is 6.53. The smallest absolute Gasteiger partial charge is 0.148 e. The Kier molecular flexibility index (Phi) is 2.06. The summed E-state index contributed by atoms with van der Waals surface area (Å²) in [5.74, 6) is 0. The molecule has 10 heavy (non-hydrogen) atoms. The minimum absolute atomic E-state index is 0.246. The first-order valence-electron chi connectivity index (χ1n) is 3.01. The van der Waals surface area contributed by atoms with E-state index in [1.54, 1.807) is 0 Å². The molecule has 2 aliphatic heterocycles. The van der Waals surface area contributed by atoms with E-state index in [2.05, 4.69) is 26.6 Å². The molecule has 0 N–H and O–H groups in total. The lowest BCUT2D eigenvalue weighted by atomic mass is 10.6. The summed E-state index contributed by atoms with van der Waals surface area (Å²) in [6, 6.07) is 0.755. The van der Waals surface area contributed by atoms with Gasteiger partial charge in [-0.15, -0.1) is 9.74 Å². The van der Waals surface area contributed by atoms with Crippen LogP contribution >= 0.6 is 23.9 Å². The summed E-state index contributed by atoms with van der Waals surface area (Å²) in [4.78, 5) is 7.89. The van der Waals surface area contributed by atoms with Gasteiger partial charge in [-0.2, -0.15) is 0 Å². The zero-order valence-electron chi connectivity index (χ0n) is 5.47. The van der Waals surface area contributed by atoms with Crippen LogP contribution in [0.4, 0.5) is 0 Å². The Hall–Kier alpha value is 0.520. The van der Waals surface area contributed by atoms with Crippen LogP contribution in [0.1, 0.15) is 6.92 Å². The monoisotopic (exact) mass is 192 g/mol. The Morgan fingerprint density at radius 1 is 1.80 bits per heavy atom. The lowest BCUT2D eigenvalue weighted by Gasteiger charge is -2.08. The second kappa shape index (κ2) is 2.87. The lowest BCUT2D eigenvalue weighted by molar-refractivity contribution is 0.827.